The smallest absolute Gasteiger partial charge is 0.307 e. The lowest BCUT2D eigenvalue weighted by Gasteiger charge is -2.10. The molecule has 3 rings (SSSR count). The van der Waals surface area contributed by atoms with Crippen molar-refractivity contribution in [2.75, 3.05) is 73.1 Å². The Morgan fingerprint density at radius 3 is 2.15 bits per heavy atom. The van der Waals surface area contributed by atoms with Gasteiger partial charge in [-0.2, -0.15) is 4.57 Å². The summed E-state index contributed by atoms with van der Waals surface area (Å²) in [5.41, 5.74) is 3.86. The molecule has 0 saturated carbocycles. The first-order valence-corrected chi connectivity index (χ1v) is 14.1. The molecule has 0 aliphatic rings. The Balaban J connectivity index is 1.19. The Morgan fingerprint density at radius 2 is 1.44 bits per heavy atom. The lowest BCUT2D eigenvalue weighted by molar-refractivity contribution is -0.641. The molecule has 0 atom stereocenters. The van der Waals surface area contributed by atoms with E-state index in [1.165, 1.54) is 7.11 Å². The van der Waals surface area contributed by atoms with Gasteiger partial charge in [0.25, 0.3) is 0 Å². The van der Waals surface area contributed by atoms with Crippen molar-refractivity contribution in [1.29, 1.82) is 0 Å². The zero-order chi connectivity index (χ0) is 29.1. The van der Waals surface area contributed by atoms with Gasteiger partial charge in [0.1, 0.15) is 12.1 Å². The second kappa shape index (κ2) is 18.9. The first kappa shape index (κ1) is 32.1. The van der Waals surface area contributed by atoms with Gasteiger partial charge in [0.2, 0.25) is 16.9 Å². The second-order valence-corrected chi connectivity index (χ2v) is 9.05. The maximum Gasteiger partial charge on any atom is 0.307 e. The quantitative estimate of drug-likeness (QED) is 0.0889. The number of para-hydroxylation sites is 3. The molecule has 11 heteroatoms. The summed E-state index contributed by atoms with van der Waals surface area (Å²) in [5.74, 6) is 0.393. The average Bonchev–Trinajstić information content (AvgIpc) is 2.99. The molecule has 11 nitrogen and oxygen atoms in total. The summed E-state index contributed by atoms with van der Waals surface area (Å²) in [7, 11) is 1.35. The number of nitrogens with one attached hydrogen (secondary N) is 1. The van der Waals surface area contributed by atoms with E-state index in [1.54, 1.807) is 0 Å². The topological polar surface area (TPSA) is 118 Å². The average molecular weight is 573 g/mol. The largest absolute Gasteiger partial charge is 0.491 e. The number of rotatable bonds is 21. The first-order valence-electron chi connectivity index (χ1n) is 14.1. The van der Waals surface area contributed by atoms with Crippen molar-refractivity contribution in [2.24, 2.45) is 0 Å². The number of ether oxygens (including phenoxy) is 6. The van der Waals surface area contributed by atoms with E-state index in [4.69, 9.17) is 28.7 Å². The van der Waals surface area contributed by atoms with E-state index in [-0.39, 0.29) is 18.3 Å². The Hall–Kier alpha value is -3.38. The number of fused-ring (bicyclic) bond motifs is 2. The summed E-state index contributed by atoms with van der Waals surface area (Å²) in [5, 5.41) is 2.86. The molecule has 0 unspecified atom stereocenters. The number of hydrogen-bond donors (Lipinski definition) is 1. The molecule has 0 radical (unpaired) electrons. The predicted molar refractivity (Wildman–Crippen MR) is 153 cm³/mol. The van der Waals surface area contributed by atoms with Crippen molar-refractivity contribution < 1.29 is 42.6 Å². The highest BCUT2D eigenvalue weighted by molar-refractivity contribution is 5.85. The summed E-state index contributed by atoms with van der Waals surface area (Å²) in [6.07, 6.45) is 1.20. The lowest BCUT2D eigenvalue weighted by Crippen LogP contribution is -2.34. The van der Waals surface area contributed by atoms with Crippen LogP contribution < -0.4 is 14.6 Å². The van der Waals surface area contributed by atoms with E-state index in [1.807, 2.05) is 30.3 Å². The number of esters is 1. The molecule has 224 valence electrons. The fourth-order valence-corrected chi connectivity index (χ4v) is 4.12. The summed E-state index contributed by atoms with van der Waals surface area (Å²) in [4.78, 5) is 27.9. The third-order valence-electron chi connectivity index (χ3n) is 6.16. The fourth-order valence-electron chi connectivity index (χ4n) is 4.12. The predicted octanol–water partition coefficient (Wildman–Crippen LogP) is 2.60. The highest BCUT2D eigenvalue weighted by Gasteiger charge is 2.17. The maximum atomic E-state index is 12.2. The summed E-state index contributed by atoms with van der Waals surface area (Å²) in [6.45, 7) is 7.18. The third-order valence-corrected chi connectivity index (χ3v) is 6.16. The van der Waals surface area contributed by atoms with Crippen LogP contribution in [0, 0.1) is 0 Å². The number of aryl methyl sites for hydroxylation is 1. The number of benzene rings is 2. The van der Waals surface area contributed by atoms with Crippen LogP contribution >= 0.6 is 0 Å². The number of carbonyl (C=O) groups is 2. The number of carbonyl (C=O) groups excluding carboxylic acids is 2. The van der Waals surface area contributed by atoms with Crippen LogP contribution in [0.2, 0.25) is 0 Å². The zero-order valence-electron chi connectivity index (χ0n) is 24.1. The number of amides is 1. The number of methoxy groups -OCH3 is 1. The van der Waals surface area contributed by atoms with Crippen LogP contribution in [0.3, 0.4) is 0 Å². The van der Waals surface area contributed by atoms with Crippen LogP contribution in [-0.4, -0.2) is 90.0 Å². The van der Waals surface area contributed by atoms with E-state index < -0.39 is 0 Å². The normalized spacial score (nSPS) is 11.2. The van der Waals surface area contributed by atoms with Crippen molar-refractivity contribution in [2.45, 2.75) is 32.7 Å². The van der Waals surface area contributed by atoms with Crippen LogP contribution in [0.25, 0.3) is 22.1 Å². The first-order chi connectivity index (χ1) is 20.1. The Morgan fingerprint density at radius 1 is 0.780 bits per heavy atom. The van der Waals surface area contributed by atoms with Crippen LogP contribution in [0.4, 0.5) is 0 Å². The van der Waals surface area contributed by atoms with Gasteiger partial charge < -0.3 is 33.7 Å². The Kier molecular flexibility index (Phi) is 14.8. The molecule has 0 bridgehead atoms. The van der Waals surface area contributed by atoms with Crippen molar-refractivity contribution >= 4 is 33.9 Å². The third kappa shape index (κ3) is 11.2. The minimum absolute atomic E-state index is 0.0364. The standard InChI is InChI=1S/C30H41N3O8/c1-3-33-25-9-5-4-8-24(25)32-30-26(33)10-6-11-27(30)41-15-7-12-28(34)31-14-17-38-19-21-40-23-22-39-20-18-37-16-13-29(35)36-2/h4-6,8-11H,3,7,12-23H2,1-2H3/p+1. The van der Waals surface area contributed by atoms with Crippen molar-refractivity contribution in [1.82, 2.24) is 10.3 Å². The lowest BCUT2D eigenvalue weighted by atomic mass is 10.2. The second-order valence-electron chi connectivity index (χ2n) is 9.05. The molecule has 41 heavy (non-hydrogen) atoms. The SMILES string of the molecule is CC[n+]1c2ccccc2nc2c(OCCCC(=O)NCCOCCOCCOCCOCCC(=O)OC)cccc21. The molecular formula is C30H42N3O8+. The van der Waals surface area contributed by atoms with Gasteiger partial charge in [-0.1, -0.05) is 18.2 Å². The van der Waals surface area contributed by atoms with Crippen molar-refractivity contribution in [3.8, 4) is 5.75 Å². The molecule has 1 N–H and O–H groups in total. The van der Waals surface area contributed by atoms with Gasteiger partial charge in [0.05, 0.1) is 73.0 Å². The van der Waals surface area contributed by atoms with Gasteiger partial charge >= 0.3 is 5.97 Å². The van der Waals surface area contributed by atoms with Crippen LogP contribution in [0.15, 0.2) is 42.5 Å². The van der Waals surface area contributed by atoms with E-state index in [0.29, 0.717) is 78.8 Å². The molecule has 1 amide bonds. The van der Waals surface area contributed by atoms with Crippen molar-refractivity contribution in [3.05, 3.63) is 42.5 Å². The monoisotopic (exact) mass is 572 g/mol. The molecule has 0 aliphatic carbocycles. The highest BCUT2D eigenvalue weighted by atomic mass is 16.6. The van der Waals surface area contributed by atoms with E-state index >= 15 is 0 Å². The molecule has 3 aromatic rings. The van der Waals surface area contributed by atoms with Gasteiger partial charge in [-0.3, -0.25) is 9.59 Å². The minimum atomic E-state index is -0.292. The molecular weight excluding hydrogens is 530 g/mol. The van der Waals surface area contributed by atoms with Crippen LogP contribution in [-0.2, 0) is 39.8 Å². The van der Waals surface area contributed by atoms with E-state index in [2.05, 4.69) is 33.7 Å². The Bertz CT molecular complexity index is 1220. The molecule has 1 aromatic heterocycles. The summed E-state index contributed by atoms with van der Waals surface area (Å²) >= 11 is 0. The molecule has 0 saturated heterocycles. The van der Waals surface area contributed by atoms with Crippen LogP contribution in [0.5, 0.6) is 5.75 Å². The minimum Gasteiger partial charge on any atom is -0.491 e. The molecule has 0 fully saturated rings. The van der Waals surface area contributed by atoms with Gasteiger partial charge in [-0.25, -0.2) is 4.98 Å². The van der Waals surface area contributed by atoms with E-state index in [0.717, 1.165) is 34.4 Å². The summed E-state index contributed by atoms with van der Waals surface area (Å²) < 4.78 is 34.4. The molecule has 2 aromatic carbocycles. The van der Waals surface area contributed by atoms with Gasteiger partial charge in [0, 0.05) is 25.1 Å². The molecule has 0 spiro atoms. The van der Waals surface area contributed by atoms with Gasteiger partial charge in [-0.15, -0.1) is 0 Å². The maximum absolute atomic E-state index is 12.2. The van der Waals surface area contributed by atoms with E-state index in [9.17, 15) is 9.59 Å². The zero-order valence-corrected chi connectivity index (χ0v) is 24.1. The molecule has 0 aliphatic heterocycles. The highest BCUT2D eigenvalue weighted by Crippen LogP contribution is 2.24. The van der Waals surface area contributed by atoms with Crippen molar-refractivity contribution in [3.63, 3.8) is 0 Å². The van der Waals surface area contributed by atoms with Gasteiger partial charge in [0.15, 0.2) is 11.3 Å². The van der Waals surface area contributed by atoms with Gasteiger partial charge in [-0.05, 0) is 25.5 Å². The van der Waals surface area contributed by atoms with Crippen LogP contribution in [0.1, 0.15) is 26.2 Å². The number of aromatic nitrogens is 2. The molecule has 1 heterocycles. The Labute approximate surface area is 241 Å². The summed E-state index contributed by atoms with van der Waals surface area (Å²) in [6, 6.07) is 14.0. The fraction of sp³-hybridized carbons (Fsp3) is 0.533. The number of hydrogen-bond acceptors (Lipinski definition) is 9. The number of nitrogens with zero attached hydrogens (tertiary/aromatic N) is 2.